The fourth-order valence-electron chi connectivity index (χ4n) is 1.83. The first-order valence-corrected chi connectivity index (χ1v) is 6.95. The number of nitro benzene ring substituents is 1. The Morgan fingerprint density at radius 3 is 2.72 bits per heavy atom. The molecule has 0 aliphatic rings. The highest BCUT2D eigenvalue weighted by atomic mass is 19.1. The minimum Gasteiger partial charge on any atom is -0.480 e. The Morgan fingerprint density at radius 2 is 2.08 bits per heavy atom. The van der Waals surface area contributed by atoms with Gasteiger partial charge in [-0.2, -0.15) is 5.10 Å². The summed E-state index contributed by atoms with van der Waals surface area (Å²) in [6, 6.07) is 8.78. The van der Waals surface area contributed by atoms with Crippen LogP contribution in [0.25, 0.3) is 0 Å². The van der Waals surface area contributed by atoms with Crippen molar-refractivity contribution in [3.8, 4) is 18.1 Å². The fraction of sp³-hybridized carbons (Fsp3) is 0.0588. The molecular weight excluding hydrogens is 329 g/mol. The van der Waals surface area contributed by atoms with E-state index in [4.69, 9.17) is 11.2 Å². The Balaban J connectivity index is 2.16. The molecule has 0 heterocycles. The Morgan fingerprint density at radius 1 is 1.36 bits per heavy atom. The highest BCUT2D eigenvalue weighted by molar-refractivity contribution is 5.95. The smallest absolute Gasteiger partial charge is 0.271 e. The molecule has 0 fully saturated rings. The Kier molecular flexibility index (Phi) is 5.79. The van der Waals surface area contributed by atoms with Crippen molar-refractivity contribution in [2.24, 2.45) is 5.10 Å². The van der Waals surface area contributed by atoms with Crippen LogP contribution in [0, 0.1) is 28.3 Å². The topological polar surface area (TPSA) is 93.8 Å². The van der Waals surface area contributed by atoms with Crippen molar-refractivity contribution in [3.63, 3.8) is 0 Å². The molecule has 0 aliphatic carbocycles. The van der Waals surface area contributed by atoms with Gasteiger partial charge in [0, 0.05) is 23.3 Å². The number of halogens is 1. The van der Waals surface area contributed by atoms with E-state index in [0.717, 1.165) is 12.1 Å². The highest BCUT2D eigenvalue weighted by Crippen LogP contribution is 2.22. The molecule has 0 atom stereocenters. The standard InChI is InChI=1S/C17H12FN3O4/c1-2-9-25-16-8-7-15(21(23)24)10-13(16)11-19-20-17(22)12-3-5-14(18)6-4-12/h1,3-8,10-11H,9H2,(H,20,22)/b19-11-. The minimum absolute atomic E-state index is 0.0272. The summed E-state index contributed by atoms with van der Waals surface area (Å²) in [5.41, 5.74) is 2.55. The van der Waals surface area contributed by atoms with E-state index in [2.05, 4.69) is 16.4 Å². The minimum atomic E-state index is -0.570. The summed E-state index contributed by atoms with van der Waals surface area (Å²) in [7, 11) is 0. The molecule has 0 radical (unpaired) electrons. The fourth-order valence-corrected chi connectivity index (χ4v) is 1.83. The van der Waals surface area contributed by atoms with Gasteiger partial charge in [-0.15, -0.1) is 6.42 Å². The predicted molar refractivity (Wildman–Crippen MR) is 88.9 cm³/mol. The second kappa shape index (κ2) is 8.21. The molecule has 0 aliphatic heterocycles. The molecule has 2 aromatic rings. The van der Waals surface area contributed by atoms with Crippen molar-refractivity contribution >= 4 is 17.8 Å². The van der Waals surface area contributed by atoms with E-state index in [1.54, 1.807) is 0 Å². The van der Waals surface area contributed by atoms with E-state index in [9.17, 15) is 19.3 Å². The van der Waals surface area contributed by atoms with Gasteiger partial charge in [-0.1, -0.05) is 5.92 Å². The molecule has 0 bridgehead atoms. The molecule has 0 spiro atoms. The number of non-ortho nitro benzene ring substituents is 1. The van der Waals surface area contributed by atoms with Gasteiger partial charge in [0.2, 0.25) is 0 Å². The van der Waals surface area contributed by atoms with Crippen molar-refractivity contribution in [1.29, 1.82) is 0 Å². The third kappa shape index (κ3) is 4.87. The predicted octanol–water partition coefficient (Wildman–Crippen LogP) is 2.51. The molecule has 126 valence electrons. The van der Waals surface area contributed by atoms with Gasteiger partial charge in [-0.3, -0.25) is 14.9 Å². The number of rotatable bonds is 6. The number of nitrogens with zero attached hydrogens (tertiary/aromatic N) is 2. The highest BCUT2D eigenvalue weighted by Gasteiger charge is 2.11. The lowest BCUT2D eigenvalue weighted by Crippen LogP contribution is -2.17. The summed E-state index contributed by atoms with van der Waals surface area (Å²) in [4.78, 5) is 22.2. The van der Waals surface area contributed by atoms with Crippen LogP contribution in [-0.2, 0) is 0 Å². The van der Waals surface area contributed by atoms with Gasteiger partial charge in [-0.25, -0.2) is 9.82 Å². The second-order valence-corrected chi connectivity index (χ2v) is 4.68. The Labute approximate surface area is 142 Å². The molecule has 1 amide bonds. The van der Waals surface area contributed by atoms with Gasteiger partial charge >= 0.3 is 0 Å². The van der Waals surface area contributed by atoms with Gasteiger partial charge in [-0.05, 0) is 30.3 Å². The van der Waals surface area contributed by atoms with Crippen LogP contribution >= 0.6 is 0 Å². The van der Waals surface area contributed by atoms with Crippen molar-refractivity contribution in [2.75, 3.05) is 6.61 Å². The van der Waals surface area contributed by atoms with E-state index >= 15 is 0 Å². The number of hydrogen-bond acceptors (Lipinski definition) is 5. The number of nitrogens with one attached hydrogen (secondary N) is 1. The summed E-state index contributed by atoms with van der Waals surface area (Å²) in [5.74, 6) is 1.53. The summed E-state index contributed by atoms with van der Waals surface area (Å²) in [6.07, 6.45) is 6.31. The van der Waals surface area contributed by atoms with Crippen LogP contribution in [0.4, 0.5) is 10.1 Å². The number of carbonyl (C=O) groups excluding carboxylic acids is 1. The molecule has 0 unspecified atom stereocenters. The SMILES string of the molecule is C#CCOc1ccc([N+](=O)[O-])cc1/C=N\NC(=O)c1ccc(F)cc1. The summed E-state index contributed by atoms with van der Waals surface area (Å²) < 4.78 is 18.1. The van der Waals surface area contributed by atoms with Gasteiger partial charge in [0.15, 0.2) is 0 Å². The third-order valence-electron chi connectivity index (χ3n) is 2.99. The van der Waals surface area contributed by atoms with Crippen LogP contribution in [0.15, 0.2) is 47.6 Å². The number of carbonyl (C=O) groups is 1. The van der Waals surface area contributed by atoms with Gasteiger partial charge in [0.1, 0.15) is 18.2 Å². The number of terminal acetylenes is 1. The van der Waals surface area contributed by atoms with E-state index < -0.39 is 16.6 Å². The van der Waals surface area contributed by atoms with E-state index in [0.29, 0.717) is 0 Å². The Hall–Kier alpha value is -3.73. The van der Waals surface area contributed by atoms with Crippen molar-refractivity contribution < 1.29 is 18.8 Å². The molecule has 2 aromatic carbocycles. The van der Waals surface area contributed by atoms with Crippen molar-refractivity contribution in [2.45, 2.75) is 0 Å². The lowest BCUT2D eigenvalue weighted by Gasteiger charge is -2.06. The van der Waals surface area contributed by atoms with Crippen molar-refractivity contribution in [1.82, 2.24) is 5.43 Å². The van der Waals surface area contributed by atoms with Crippen LogP contribution < -0.4 is 10.2 Å². The molecule has 25 heavy (non-hydrogen) atoms. The van der Waals surface area contributed by atoms with Crippen molar-refractivity contribution in [3.05, 3.63) is 69.5 Å². The average Bonchev–Trinajstić information content (AvgIpc) is 2.60. The summed E-state index contributed by atoms with van der Waals surface area (Å²) in [5, 5.41) is 14.6. The molecule has 2 rings (SSSR count). The number of ether oxygens (including phenoxy) is 1. The first-order valence-electron chi connectivity index (χ1n) is 6.95. The molecule has 0 saturated heterocycles. The molecular formula is C17H12FN3O4. The quantitative estimate of drug-likeness (QED) is 0.378. The molecule has 8 heteroatoms. The van der Waals surface area contributed by atoms with E-state index in [1.807, 2.05) is 0 Å². The van der Waals surface area contributed by atoms with Gasteiger partial charge in [0.25, 0.3) is 11.6 Å². The molecule has 0 saturated carbocycles. The molecule has 0 aromatic heterocycles. The van der Waals surface area contributed by atoms with Crippen LogP contribution in [0.2, 0.25) is 0 Å². The first kappa shape index (κ1) is 17.6. The lowest BCUT2D eigenvalue weighted by atomic mass is 10.2. The maximum atomic E-state index is 12.8. The number of nitro groups is 1. The maximum absolute atomic E-state index is 12.8. The zero-order chi connectivity index (χ0) is 18.2. The zero-order valence-electron chi connectivity index (χ0n) is 12.8. The van der Waals surface area contributed by atoms with Gasteiger partial charge in [0.05, 0.1) is 11.1 Å². The van der Waals surface area contributed by atoms with Crippen LogP contribution in [0.5, 0.6) is 5.75 Å². The molecule has 7 nitrogen and oxygen atoms in total. The maximum Gasteiger partial charge on any atom is 0.271 e. The number of hydrogen-bond donors (Lipinski definition) is 1. The molecule has 1 N–H and O–H groups in total. The lowest BCUT2D eigenvalue weighted by molar-refractivity contribution is -0.384. The number of benzene rings is 2. The normalized spacial score (nSPS) is 10.2. The second-order valence-electron chi connectivity index (χ2n) is 4.68. The van der Waals surface area contributed by atoms with Crippen LogP contribution in [0.3, 0.4) is 0 Å². The summed E-state index contributed by atoms with van der Waals surface area (Å²) in [6.45, 7) is -0.0272. The van der Waals surface area contributed by atoms with E-state index in [1.165, 1.54) is 36.5 Å². The van der Waals surface area contributed by atoms with Crippen LogP contribution in [-0.4, -0.2) is 23.7 Å². The average molecular weight is 341 g/mol. The zero-order valence-corrected chi connectivity index (χ0v) is 12.8. The monoisotopic (exact) mass is 341 g/mol. The third-order valence-corrected chi connectivity index (χ3v) is 2.99. The summed E-state index contributed by atoms with van der Waals surface area (Å²) >= 11 is 0. The largest absolute Gasteiger partial charge is 0.480 e. The van der Waals surface area contributed by atoms with Gasteiger partial charge < -0.3 is 4.74 Å². The first-order chi connectivity index (χ1) is 12.0. The number of amides is 1. The van der Waals surface area contributed by atoms with Crippen LogP contribution in [0.1, 0.15) is 15.9 Å². The number of hydrazone groups is 1. The van der Waals surface area contributed by atoms with E-state index in [-0.39, 0.29) is 29.2 Å². The Bertz CT molecular complexity index is 857.